The number of benzene rings is 1. The van der Waals surface area contributed by atoms with Crippen LogP contribution in [0.25, 0.3) is 0 Å². The summed E-state index contributed by atoms with van der Waals surface area (Å²) in [4.78, 5) is 50.7. The Bertz CT molecular complexity index is 904. The van der Waals surface area contributed by atoms with Crippen molar-refractivity contribution >= 4 is 23.6 Å². The van der Waals surface area contributed by atoms with Crippen LogP contribution in [-0.4, -0.2) is 33.6 Å². The summed E-state index contributed by atoms with van der Waals surface area (Å²) in [6.45, 7) is 2.26. The molecule has 36 heavy (non-hydrogen) atoms. The van der Waals surface area contributed by atoms with Gasteiger partial charge in [-0.15, -0.1) is 0 Å². The number of hydrazine groups is 1. The van der Waals surface area contributed by atoms with E-state index in [1.807, 2.05) is 6.08 Å². The summed E-state index contributed by atoms with van der Waals surface area (Å²) < 4.78 is 0. The van der Waals surface area contributed by atoms with Gasteiger partial charge in [-0.1, -0.05) is 115 Å². The summed E-state index contributed by atoms with van der Waals surface area (Å²) >= 11 is 0. The van der Waals surface area contributed by atoms with Gasteiger partial charge in [-0.3, -0.25) is 19.2 Å². The molecular weight excluding hydrogens is 452 g/mol. The van der Waals surface area contributed by atoms with E-state index < -0.39 is 29.5 Å². The molecule has 1 fully saturated rings. The minimum Gasteiger partial charge on any atom is -0.272 e. The molecule has 1 aromatic rings. The van der Waals surface area contributed by atoms with Gasteiger partial charge >= 0.3 is 0 Å². The van der Waals surface area contributed by atoms with E-state index in [-0.39, 0.29) is 17.5 Å². The summed E-state index contributed by atoms with van der Waals surface area (Å²) in [5, 5.41) is 1.45. The first-order valence-electron chi connectivity index (χ1n) is 14.1. The zero-order chi connectivity index (χ0) is 25.8. The van der Waals surface area contributed by atoms with Crippen LogP contribution in [0.3, 0.4) is 0 Å². The van der Waals surface area contributed by atoms with Gasteiger partial charge in [0.05, 0.1) is 17.0 Å². The highest BCUT2D eigenvalue weighted by Crippen LogP contribution is 2.30. The lowest BCUT2D eigenvalue weighted by molar-refractivity contribution is -0.150. The molecule has 6 nitrogen and oxygen atoms in total. The Kier molecular flexibility index (Phi) is 11.4. The predicted octanol–water partition coefficient (Wildman–Crippen LogP) is 7.00. The second kappa shape index (κ2) is 14.7. The Balaban J connectivity index is 1.27. The van der Waals surface area contributed by atoms with E-state index in [1.165, 1.54) is 95.6 Å². The molecule has 1 saturated heterocycles. The molecule has 0 saturated carbocycles. The first kappa shape index (κ1) is 27.8. The van der Waals surface area contributed by atoms with E-state index in [2.05, 4.69) is 6.92 Å². The number of fused-ring (bicyclic) bond motifs is 1. The van der Waals surface area contributed by atoms with Gasteiger partial charge in [0, 0.05) is 6.42 Å². The van der Waals surface area contributed by atoms with Crippen LogP contribution >= 0.6 is 0 Å². The molecule has 0 bridgehead atoms. The Labute approximate surface area is 216 Å². The Morgan fingerprint density at radius 2 is 1.17 bits per heavy atom. The lowest BCUT2D eigenvalue weighted by Crippen LogP contribution is -2.49. The Morgan fingerprint density at radius 1 is 0.694 bits per heavy atom. The second-order valence-corrected chi connectivity index (χ2v) is 10.1. The van der Waals surface area contributed by atoms with Crippen molar-refractivity contribution in [3.63, 3.8) is 0 Å². The van der Waals surface area contributed by atoms with E-state index in [9.17, 15) is 19.2 Å². The van der Waals surface area contributed by atoms with Crippen molar-refractivity contribution in [2.75, 3.05) is 0 Å². The summed E-state index contributed by atoms with van der Waals surface area (Å²) in [6.07, 6.45) is 23.0. The molecule has 1 aromatic carbocycles. The highest BCUT2D eigenvalue weighted by atomic mass is 16.2. The minimum absolute atomic E-state index is 0.0124. The van der Waals surface area contributed by atoms with Gasteiger partial charge in [0.2, 0.25) is 5.91 Å². The number of rotatable bonds is 17. The van der Waals surface area contributed by atoms with E-state index in [4.69, 9.17) is 0 Å². The fourth-order valence-electron chi connectivity index (χ4n) is 5.08. The molecule has 196 valence electrons. The maximum absolute atomic E-state index is 12.8. The zero-order valence-electron chi connectivity index (χ0n) is 21.9. The molecule has 2 aliphatic heterocycles. The molecule has 0 aromatic heterocycles. The zero-order valence-corrected chi connectivity index (χ0v) is 21.9. The Hall–Kier alpha value is -2.76. The van der Waals surface area contributed by atoms with Crippen LogP contribution in [0.15, 0.2) is 36.4 Å². The van der Waals surface area contributed by atoms with Crippen molar-refractivity contribution < 1.29 is 19.2 Å². The summed E-state index contributed by atoms with van der Waals surface area (Å²) in [5.74, 6) is -2.88. The molecule has 1 unspecified atom stereocenters. The summed E-state index contributed by atoms with van der Waals surface area (Å²) in [6, 6.07) is 6.39. The maximum atomic E-state index is 12.8. The fourth-order valence-corrected chi connectivity index (χ4v) is 5.08. The first-order valence-corrected chi connectivity index (χ1v) is 14.1. The third-order valence-electron chi connectivity index (χ3n) is 7.22. The molecule has 0 aliphatic carbocycles. The monoisotopic (exact) mass is 494 g/mol. The standard InChI is InChI=1S/C30H42N2O4/c1-2-3-4-5-6-7-8-9-10-11-12-13-14-15-16-17-20-24-23-27(33)31(28(24)34)32-29(35)25-21-18-19-22-26(25)30(32)36/h17-22,24H,2-16,23H2,1H3. The van der Waals surface area contributed by atoms with Gasteiger partial charge < -0.3 is 0 Å². The number of hydrogen-bond donors (Lipinski definition) is 0. The number of unbranched alkanes of at least 4 members (excludes halogenated alkanes) is 14. The highest BCUT2D eigenvalue weighted by molar-refractivity contribution is 6.23. The topological polar surface area (TPSA) is 74.8 Å². The van der Waals surface area contributed by atoms with Crippen LogP contribution in [-0.2, 0) is 9.59 Å². The number of carbonyl (C=O) groups excluding carboxylic acids is 4. The molecule has 2 aliphatic rings. The van der Waals surface area contributed by atoms with Crippen molar-refractivity contribution in [2.24, 2.45) is 5.92 Å². The highest BCUT2D eigenvalue weighted by Gasteiger charge is 2.49. The van der Waals surface area contributed by atoms with Crippen LogP contribution in [0, 0.1) is 5.92 Å². The van der Waals surface area contributed by atoms with Crippen molar-refractivity contribution in [1.29, 1.82) is 0 Å². The van der Waals surface area contributed by atoms with Crippen LogP contribution < -0.4 is 0 Å². The van der Waals surface area contributed by atoms with Crippen molar-refractivity contribution in [2.45, 2.75) is 110 Å². The molecule has 0 radical (unpaired) electrons. The largest absolute Gasteiger partial charge is 0.281 e. The quantitative estimate of drug-likeness (QED) is 0.133. The average Bonchev–Trinajstić information content (AvgIpc) is 3.29. The number of allylic oxidation sites excluding steroid dienone is 1. The number of hydrogen-bond acceptors (Lipinski definition) is 4. The SMILES string of the molecule is CCCCCCCCCCCCCCCCC=CC1CC(=O)N(N2C(=O)c3ccccc3C2=O)C1=O. The van der Waals surface area contributed by atoms with Crippen molar-refractivity contribution in [3.8, 4) is 0 Å². The maximum Gasteiger partial charge on any atom is 0.281 e. The molecule has 0 N–H and O–H groups in total. The molecule has 4 amide bonds. The van der Waals surface area contributed by atoms with Gasteiger partial charge in [-0.2, -0.15) is 10.0 Å². The smallest absolute Gasteiger partial charge is 0.272 e. The van der Waals surface area contributed by atoms with Gasteiger partial charge in [0.25, 0.3) is 17.7 Å². The molecule has 3 rings (SSSR count). The Morgan fingerprint density at radius 3 is 1.67 bits per heavy atom. The first-order chi connectivity index (χ1) is 17.6. The lowest BCUT2D eigenvalue weighted by Gasteiger charge is -2.23. The van der Waals surface area contributed by atoms with E-state index in [1.54, 1.807) is 18.2 Å². The summed E-state index contributed by atoms with van der Waals surface area (Å²) in [5.41, 5.74) is 0.444. The molecule has 0 spiro atoms. The van der Waals surface area contributed by atoms with E-state index in [0.29, 0.717) is 5.01 Å². The van der Waals surface area contributed by atoms with Crippen LogP contribution in [0.5, 0.6) is 0 Å². The third kappa shape index (κ3) is 7.37. The van der Waals surface area contributed by atoms with Crippen molar-refractivity contribution in [3.05, 3.63) is 47.5 Å². The number of nitrogens with zero attached hydrogens (tertiary/aromatic N) is 2. The van der Waals surface area contributed by atoms with E-state index in [0.717, 1.165) is 17.9 Å². The fraction of sp³-hybridized carbons (Fsp3) is 0.600. The molecule has 6 heteroatoms. The van der Waals surface area contributed by atoms with Gasteiger partial charge in [-0.05, 0) is 25.0 Å². The molecular formula is C30H42N2O4. The van der Waals surface area contributed by atoms with Gasteiger partial charge in [0.15, 0.2) is 0 Å². The van der Waals surface area contributed by atoms with Crippen LogP contribution in [0.4, 0.5) is 0 Å². The molecule has 1 atom stereocenters. The third-order valence-corrected chi connectivity index (χ3v) is 7.22. The number of carbonyl (C=O) groups is 4. The van der Waals surface area contributed by atoms with Gasteiger partial charge in [0.1, 0.15) is 0 Å². The summed E-state index contributed by atoms with van der Waals surface area (Å²) in [7, 11) is 0. The predicted molar refractivity (Wildman–Crippen MR) is 141 cm³/mol. The molecule has 2 heterocycles. The van der Waals surface area contributed by atoms with Crippen LogP contribution in [0.2, 0.25) is 0 Å². The van der Waals surface area contributed by atoms with Gasteiger partial charge in [-0.25, -0.2) is 0 Å². The normalized spacial score (nSPS) is 17.8. The average molecular weight is 495 g/mol. The number of amides is 4. The van der Waals surface area contributed by atoms with E-state index >= 15 is 0 Å². The van der Waals surface area contributed by atoms with Crippen LogP contribution in [0.1, 0.15) is 130 Å². The second-order valence-electron chi connectivity index (χ2n) is 10.1. The van der Waals surface area contributed by atoms with Crippen molar-refractivity contribution in [1.82, 2.24) is 10.0 Å². The number of imide groups is 2. The lowest BCUT2D eigenvalue weighted by atomic mass is 10.0. The minimum atomic E-state index is -0.621.